The maximum atomic E-state index is 8.81. The number of aromatic amines is 1. The van der Waals surface area contributed by atoms with Crippen LogP contribution in [0.1, 0.15) is 5.56 Å². The van der Waals surface area contributed by atoms with Crippen LogP contribution in [-0.4, -0.2) is 17.1 Å². The van der Waals surface area contributed by atoms with E-state index >= 15 is 0 Å². The molecule has 1 heterocycles. The summed E-state index contributed by atoms with van der Waals surface area (Å²) in [5.74, 6) is 0.660. The number of hydrogen-bond donors (Lipinski definition) is 1. The third-order valence-corrected chi connectivity index (χ3v) is 1.85. The number of aromatic nitrogens is 2. The van der Waals surface area contributed by atoms with Gasteiger partial charge in [0.05, 0.1) is 24.5 Å². The van der Waals surface area contributed by atoms with Gasteiger partial charge in [-0.2, -0.15) is 5.26 Å². The van der Waals surface area contributed by atoms with Gasteiger partial charge in [0.2, 0.25) is 0 Å². The minimum absolute atomic E-state index is 0.524. The summed E-state index contributed by atoms with van der Waals surface area (Å²) in [5.41, 5.74) is 2.02. The molecule has 4 nitrogen and oxygen atoms in total. The van der Waals surface area contributed by atoms with Crippen molar-refractivity contribution < 1.29 is 4.74 Å². The first-order chi connectivity index (χ1) is 6.35. The van der Waals surface area contributed by atoms with Gasteiger partial charge < -0.3 is 9.72 Å². The molecule has 0 amide bonds. The lowest BCUT2D eigenvalue weighted by molar-refractivity contribution is 0.415. The fourth-order valence-electron chi connectivity index (χ4n) is 1.23. The second-order valence-electron chi connectivity index (χ2n) is 2.59. The van der Waals surface area contributed by atoms with Crippen molar-refractivity contribution in [2.24, 2.45) is 0 Å². The van der Waals surface area contributed by atoms with E-state index < -0.39 is 0 Å². The Hall–Kier alpha value is -2.02. The van der Waals surface area contributed by atoms with E-state index in [-0.39, 0.29) is 0 Å². The minimum Gasteiger partial charge on any atom is -0.497 e. The van der Waals surface area contributed by atoms with Crippen LogP contribution >= 0.6 is 0 Å². The number of ether oxygens (including phenoxy) is 1. The maximum Gasteiger partial charge on any atom is 0.122 e. The molecule has 2 aromatic rings. The predicted octanol–water partition coefficient (Wildman–Crippen LogP) is 1.44. The van der Waals surface area contributed by atoms with E-state index in [0.29, 0.717) is 16.8 Å². The predicted molar refractivity (Wildman–Crippen MR) is 47.4 cm³/mol. The van der Waals surface area contributed by atoms with Crippen LogP contribution in [0.2, 0.25) is 0 Å². The van der Waals surface area contributed by atoms with Crippen LogP contribution in [0.15, 0.2) is 18.5 Å². The number of H-pyrrole nitrogens is 1. The third kappa shape index (κ3) is 1.11. The van der Waals surface area contributed by atoms with Crippen molar-refractivity contribution >= 4 is 11.0 Å². The van der Waals surface area contributed by atoms with Crippen LogP contribution < -0.4 is 4.74 Å². The summed E-state index contributed by atoms with van der Waals surface area (Å²) < 4.78 is 5.04. The summed E-state index contributed by atoms with van der Waals surface area (Å²) in [7, 11) is 1.57. The van der Waals surface area contributed by atoms with Gasteiger partial charge in [-0.3, -0.25) is 0 Å². The molecule has 0 unspecified atom stereocenters. The summed E-state index contributed by atoms with van der Waals surface area (Å²) in [4.78, 5) is 6.96. The molecule has 0 aliphatic rings. The zero-order valence-corrected chi connectivity index (χ0v) is 7.03. The van der Waals surface area contributed by atoms with E-state index in [2.05, 4.69) is 16.0 Å². The highest BCUT2D eigenvalue weighted by atomic mass is 16.5. The van der Waals surface area contributed by atoms with Crippen molar-refractivity contribution in [2.45, 2.75) is 0 Å². The topological polar surface area (TPSA) is 61.7 Å². The van der Waals surface area contributed by atoms with E-state index in [0.717, 1.165) is 5.52 Å². The van der Waals surface area contributed by atoms with E-state index in [4.69, 9.17) is 10.00 Å². The Balaban J connectivity index is 2.79. The molecule has 13 heavy (non-hydrogen) atoms. The summed E-state index contributed by atoms with van der Waals surface area (Å²) in [6.45, 7) is 0. The van der Waals surface area contributed by atoms with Gasteiger partial charge in [-0.05, 0) is 0 Å². The number of fused-ring (bicyclic) bond motifs is 1. The number of hydrogen-bond acceptors (Lipinski definition) is 3. The monoisotopic (exact) mass is 173 g/mol. The zero-order valence-electron chi connectivity index (χ0n) is 7.03. The molecule has 0 spiro atoms. The first-order valence-electron chi connectivity index (χ1n) is 3.76. The van der Waals surface area contributed by atoms with E-state index in [1.807, 2.05) is 6.07 Å². The standard InChI is InChI=1S/C9H7N3O/c1-13-7-2-6(4-10)9-8(3-7)11-5-12-9/h2-3,5H,1H3,(H,11,12). The number of rotatable bonds is 1. The molecule has 1 N–H and O–H groups in total. The first-order valence-corrected chi connectivity index (χ1v) is 3.76. The van der Waals surface area contributed by atoms with Crippen LogP contribution in [-0.2, 0) is 0 Å². The Bertz CT molecular complexity index is 481. The van der Waals surface area contributed by atoms with Crippen LogP contribution in [0.25, 0.3) is 11.0 Å². The smallest absolute Gasteiger partial charge is 0.122 e. The lowest BCUT2D eigenvalue weighted by Gasteiger charge is -1.99. The van der Waals surface area contributed by atoms with E-state index in [9.17, 15) is 0 Å². The molecule has 0 fully saturated rings. The summed E-state index contributed by atoms with van der Waals surface area (Å²) in [6, 6.07) is 5.55. The molecule has 1 aromatic heterocycles. The SMILES string of the molecule is COc1cc(C#N)c2nc[nH]c2c1. The number of benzene rings is 1. The zero-order chi connectivity index (χ0) is 9.26. The molecule has 4 heteroatoms. The van der Waals surface area contributed by atoms with Crippen LogP contribution in [0.5, 0.6) is 5.75 Å². The molecule has 0 aliphatic heterocycles. The molecule has 0 bridgehead atoms. The Labute approximate surface area is 74.8 Å². The van der Waals surface area contributed by atoms with E-state index in [1.54, 1.807) is 19.5 Å². The van der Waals surface area contributed by atoms with Gasteiger partial charge in [-0.25, -0.2) is 4.98 Å². The lowest BCUT2D eigenvalue weighted by Crippen LogP contribution is -1.85. The number of nitriles is 1. The molecular formula is C9H7N3O. The molecule has 2 rings (SSSR count). The molecule has 1 aromatic carbocycles. The average molecular weight is 173 g/mol. The average Bonchev–Trinajstić information content (AvgIpc) is 2.63. The summed E-state index contributed by atoms with van der Waals surface area (Å²) in [6.07, 6.45) is 1.56. The van der Waals surface area contributed by atoms with Crippen LogP contribution in [0.4, 0.5) is 0 Å². The lowest BCUT2D eigenvalue weighted by atomic mass is 10.2. The van der Waals surface area contributed by atoms with Gasteiger partial charge in [0.15, 0.2) is 0 Å². The van der Waals surface area contributed by atoms with Gasteiger partial charge in [0, 0.05) is 12.1 Å². The van der Waals surface area contributed by atoms with Gasteiger partial charge in [0.1, 0.15) is 17.3 Å². The van der Waals surface area contributed by atoms with Crippen molar-refractivity contribution in [3.05, 3.63) is 24.0 Å². The Kier molecular flexibility index (Phi) is 1.64. The summed E-state index contributed by atoms with van der Waals surface area (Å²) in [5, 5.41) is 8.81. The number of nitrogens with zero attached hydrogens (tertiary/aromatic N) is 2. The molecule has 0 aliphatic carbocycles. The second-order valence-corrected chi connectivity index (χ2v) is 2.59. The van der Waals surface area contributed by atoms with Gasteiger partial charge in [-0.15, -0.1) is 0 Å². The van der Waals surface area contributed by atoms with Crippen molar-refractivity contribution in [3.8, 4) is 11.8 Å². The second kappa shape index (κ2) is 2.79. The molecule has 0 radical (unpaired) electrons. The van der Waals surface area contributed by atoms with Gasteiger partial charge in [-0.1, -0.05) is 0 Å². The highest BCUT2D eigenvalue weighted by Crippen LogP contribution is 2.21. The first kappa shape index (κ1) is 7.62. The highest BCUT2D eigenvalue weighted by Gasteiger charge is 2.05. The van der Waals surface area contributed by atoms with Gasteiger partial charge in [0.25, 0.3) is 0 Å². The highest BCUT2D eigenvalue weighted by molar-refractivity contribution is 5.82. The normalized spacial score (nSPS) is 9.85. The fraction of sp³-hybridized carbons (Fsp3) is 0.111. The molecule has 0 saturated carbocycles. The quantitative estimate of drug-likeness (QED) is 0.709. The fourth-order valence-corrected chi connectivity index (χ4v) is 1.23. The summed E-state index contributed by atoms with van der Waals surface area (Å²) >= 11 is 0. The van der Waals surface area contributed by atoms with Crippen LogP contribution in [0.3, 0.4) is 0 Å². The molecule has 0 atom stereocenters. The van der Waals surface area contributed by atoms with E-state index in [1.165, 1.54) is 0 Å². The number of methoxy groups -OCH3 is 1. The van der Waals surface area contributed by atoms with Crippen molar-refractivity contribution in [2.75, 3.05) is 7.11 Å². The Morgan fingerprint density at radius 3 is 3.08 bits per heavy atom. The Morgan fingerprint density at radius 2 is 2.38 bits per heavy atom. The van der Waals surface area contributed by atoms with Crippen molar-refractivity contribution in [1.29, 1.82) is 5.26 Å². The minimum atomic E-state index is 0.524. The molecule has 64 valence electrons. The van der Waals surface area contributed by atoms with Crippen LogP contribution in [0, 0.1) is 11.3 Å². The maximum absolute atomic E-state index is 8.81. The van der Waals surface area contributed by atoms with Gasteiger partial charge >= 0.3 is 0 Å². The Morgan fingerprint density at radius 1 is 1.54 bits per heavy atom. The molecular weight excluding hydrogens is 166 g/mol. The van der Waals surface area contributed by atoms with Crippen molar-refractivity contribution in [3.63, 3.8) is 0 Å². The van der Waals surface area contributed by atoms with Crippen molar-refractivity contribution in [1.82, 2.24) is 9.97 Å². The molecule has 0 saturated heterocycles. The largest absolute Gasteiger partial charge is 0.497 e. The number of imidazole rings is 1. The number of nitrogens with one attached hydrogen (secondary N) is 1. The third-order valence-electron chi connectivity index (χ3n) is 1.85.